The topological polar surface area (TPSA) is 0 Å². The Morgan fingerprint density at radius 2 is 0.581 bits per heavy atom. The summed E-state index contributed by atoms with van der Waals surface area (Å²) in [4.78, 5) is 0. The van der Waals surface area contributed by atoms with Gasteiger partial charge >= 0.3 is 37.9 Å². The summed E-state index contributed by atoms with van der Waals surface area (Å²) >= 11 is -0.826. The molecule has 0 saturated heterocycles. The van der Waals surface area contributed by atoms with E-state index in [2.05, 4.69) is 97.2 Å². The Hall–Kier alpha value is -0.617. The van der Waals surface area contributed by atoms with Gasteiger partial charge in [-0.1, -0.05) is 97.2 Å². The van der Waals surface area contributed by atoms with Crippen LogP contribution in [0.2, 0.25) is 0 Å². The second kappa shape index (κ2) is 10.1. The summed E-state index contributed by atoms with van der Waals surface area (Å²) in [5.41, 5.74) is 0. The normalized spacial score (nSPS) is 26.9. The van der Waals surface area contributed by atoms with Gasteiger partial charge in [0.25, 0.3) is 0 Å². The fraction of sp³-hybridized carbons (Fsp3) is 0.0714. The molecule has 0 atom stereocenters. The molecule has 0 heterocycles. The Kier molecular flexibility index (Phi) is 7.24. The third kappa shape index (κ3) is 4.21. The fourth-order valence-corrected chi connectivity index (χ4v) is 5.00. The molecule has 0 aromatic heterocycles. The first kappa shape index (κ1) is 22.2. The van der Waals surface area contributed by atoms with Crippen LogP contribution in [-0.2, 0) is 20.8 Å². The molecule has 6 aliphatic carbocycles. The van der Waals surface area contributed by atoms with Crippen LogP contribution < -0.4 is 0 Å². The van der Waals surface area contributed by atoms with Crippen LogP contribution in [0.3, 0.4) is 0 Å². The number of hydrogen-bond donors (Lipinski definition) is 0. The van der Waals surface area contributed by atoms with Crippen molar-refractivity contribution >= 4 is 17.0 Å². The van der Waals surface area contributed by atoms with Crippen molar-refractivity contribution < 1.29 is 20.8 Å². The van der Waals surface area contributed by atoms with Crippen LogP contribution in [-0.4, -0.2) is 0 Å². The van der Waals surface area contributed by atoms with Gasteiger partial charge in [0.05, 0.1) is 0 Å². The Morgan fingerprint density at radius 3 is 0.806 bits per heavy atom. The van der Waals surface area contributed by atoms with Crippen molar-refractivity contribution in [2.45, 2.75) is 12.8 Å². The van der Waals surface area contributed by atoms with E-state index in [4.69, 9.17) is 17.0 Å². The average Bonchev–Trinajstić information content (AvgIpc) is 3.31. The van der Waals surface area contributed by atoms with Crippen LogP contribution in [0.25, 0.3) is 0 Å². The molecule has 0 nitrogen and oxygen atoms in total. The number of rotatable bonds is 3. The van der Waals surface area contributed by atoms with Gasteiger partial charge in [-0.3, -0.25) is 0 Å². The first-order chi connectivity index (χ1) is 15.3. The number of allylic oxidation sites excluding steroid dienone is 16. The monoisotopic (exact) mass is 516 g/mol. The molecular weight excluding hydrogens is 498 g/mol. The minimum atomic E-state index is -0.826. The van der Waals surface area contributed by atoms with Gasteiger partial charge in [-0.2, -0.15) is 0 Å². The quantitative estimate of drug-likeness (QED) is 0.365. The van der Waals surface area contributed by atoms with Crippen LogP contribution in [0.15, 0.2) is 97.2 Å². The zero-order valence-electron chi connectivity index (χ0n) is 16.9. The molecule has 6 rings (SSSR count). The molecule has 3 heteroatoms. The molecule has 2 fully saturated rings. The summed E-state index contributed by atoms with van der Waals surface area (Å²) < 4.78 is 0. The van der Waals surface area contributed by atoms with Gasteiger partial charge in [0.1, 0.15) is 0 Å². The summed E-state index contributed by atoms with van der Waals surface area (Å²) in [6, 6.07) is 0. The van der Waals surface area contributed by atoms with E-state index in [1.807, 2.05) is 0 Å². The van der Waals surface area contributed by atoms with Gasteiger partial charge in [0.2, 0.25) is 0 Å². The summed E-state index contributed by atoms with van der Waals surface area (Å²) in [6.07, 6.45) is 37.5. The van der Waals surface area contributed by atoms with Crippen LogP contribution in [0.1, 0.15) is 12.8 Å². The zero-order valence-corrected chi connectivity index (χ0v) is 20.9. The molecule has 0 unspecified atom stereocenters. The van der Waals surface area contributed by atoms with E-state index < -0.39 is 20.8 Å². The minimum absolute atomic E-state index is 0.826. The first-order valence-corrected chi connectivity index (χ1v) is 16.7. The Labute approximate surface area is 205 Å². The molecule has 2 saturated carbocycles. The van der Waals surface area contributed by atoms with E-state index >= 15 is 0 Å². The SMILES string of the molecule is C1=C[C]2[C]3C=CC=C[C]3[C](CC[C]3[C]4C=CC=C[C]4[C]4C=CC=C[C]43)[C]2C=C1.[Cl][Zr][Cl]. The van der Waals surface area contributed by atoms with Crippen molar-refractivity contribution in [3.63, 3.8) is 0 Å². The van der Waals surface area contributed by atoms with Gasteiger partial charge in [0, 0.05) is 47.3 Å². The van der Waals surface area contributed by atoms with Crippen LogP contribution >= 0.6 is 17.0 Å². The van der Waals surface area contributed by atoms with Crippen molar-refractivity contribution in [1.29, 1.82) is 0 Å². The summed E-state index contributed by atoms with van der Waals surface area (Å²) in [5, 5.41) is 0. The van der Waals surface area contributed by atoms with Gasteiger partial charge in [-0.15, -0.1) is 0 Å². The molecule has 150 valence electrons. The number of halogens is 2. The summed E-state index contributed by atoms with van der Waals surface area (Å²) in [5.74, 6) is 14.1. The Morgan fingerprint density at radius 1 is 0.387 bits per heavy atom. The van der Waals surface area contributed by atoms with Crippen molar-refractivity contribution in [1.82, 2.24) is 0 Å². The van der Waals surface area contributed by atoms with E-state index in [0.717, 1.165) is 12.8 Å². The molecule has 0 amide bonds. The molecule has 31 heavy (non-hydrogen) atoms. The van der Waals surface area contributed by atoms with E-state index in [9.17, 15) is 0 Å². The molecule has 10 radical (unpaired) electrons. The van der Waals surface area contributed by atoms with Crippen LogP contribution in [0.4, 0.5) is 0 Å². The average molecular weight is 519 g/mol. The predicted octanol–water partition coefficient (Wildman–Crippen LogP) is 7.42. The standard InChI is InChI=1S/C28H20.2ClH.Zr/c1-5-13-23-19(9-1)20-10-2-6-14-24(20)27(23)17-18-28-25-15-7-3-11-21(25)22-12-4-8-16-26(22)28;;;/h1-16H,17-18H2;2*1H;/q;;;+2/p-2. The Bertz CT molecular complexity index is 749. The molecule has 6 aliphatic rings. The Balaban J connectivity index is 0.000000646. The maximum atomic E-state index is 4.93. The summed E-state index contributed by atoms with van der Waals surface area (Å²) in [6.45, 7) is 0. The van der Waals surface area contributed by atoms with Gasteiger partial charge in [-0.05, 0) is 24.7 Å². The van der Waals surface area contributed by atoms with E-state index in [-0.39, 0.29) is 0 Å². The third-order valence-electron chi connectivity index (χ3n) is 6.21. The second-order valence-electron chi connectivity index (χ2n) is 7.71. The second-order valence-corrected chi connectivity index (χ2v) is 11.4. The van der Waals surface area contributed by atoms with Gasteiger partial charge in [0.15, 0.2) is 0 Å². The van der Waals surface area contributed by atoms with E-state index in [1.165, 1.54) is 59.2 Å². The zero-order chi connectivity index (χ0) is 21.2. The fourth-order valence-electron chi connectivity index (χ4n) is 5.00. The van der Waals surface area contributed by atoms with Crippen LogP contribution in [0.5, 0.6) is 0 Å². The van der Waals surface area contributed by atoms with Gasteiger partial charge < -0.3 is 0 Å². The molecule has 0 aliphatic heterocycles. The third-order valence-corrected chi connectivity index (χ3v) is 6.21. The molecule has 0 aromatic carbocycles. The van der Waals surface area contributed by atoms with Crippen molar-refractivity contribution in [3.05, 3.63) is 156 Å². The number of fused-ring (bicyclic) bond motifs is 6. The van der Waals surface area contributed by atoms with Crippen LogP contribution in [0, 0.1) is 59.2 Å². The van der Waals surface area contributed by atoms with E-state index in [0.29, 0.717) is 0 Å². The predicted molar refractivity (Wildman–Crippen MR) is 126 cm³/mol. The molecule has 0 N–H and O–H groups in total. The molecule has 0 spiro atoms. The first-order valence-electron chi connectivity index (χ1n) is 10.4. The van der Waals surface area contributed by atoms with Gasteiger partial charge in [-0.25, -0.2) is 0 Å². The van der Waals surface area contributed by atoms with Crippen molar-refractivity contribution in [3.8, 4) is 0 Å². The molecule has 0 aromatic rings. The van der Waals surface area contributed by atoms with E-state index in [1.54, 1.807) is 0 Å². The molecular formula is C28H20Cl2Zr. The van der Waals surface area contributed by atoms with Crippen molar-refractivity contribution in [2.75, 3.05) is 0 Å². The molecule has 0 bridgehead atoms. The maximum absolute atomic E-state index is 4.93. The summed E-state index contributed by atoms with van der Waals surface area (Å²) in [7, 11) is 9.87. The van der Waals surface area contributed by atoms with Crippen molar-refractivity contribution in [2.24, 2.45) is 0 Å². The number of hydrogen-bond acceptors (Lipinski definition) is 0.